The van der Waals surface area contributed by atoms with Crippen molar-refractivity contribution in [2.75, 3.05) is 18.4 Å². The Morgan fingerprint density at radius 3 is 2.43 bits per heavy atom. The number of amides is 1. The number of anilines is 1. The van der Waals surface area contributed by atoms with E-state index in [1.54, 1.807) is 18.2 Å². The lowest BCUT2D eigenvalue weighted by Crippen LogP contribution is -2.27. The van der Waals surface area contributed by atoms with Gasteiger partial charge in [0.15, 0.2) is 0 Å². The van der Waals surface area contributed by atoms with Crippen molar-refractivity contribution >= 4 is 45.1 Å². The van der Waals surface area contributed by atoms with Crippen LogP contribution in [-0.2, 0) is 10.0 Å². The van der Waals surface area contributed by atoms with Crippen LogP contribution in [0.3, 0.4) is 0 Å². The number of carbonyl (C=O) groups excluding carboxylic acids is 1. The number of hydrogen-bond donors (Lipinski definition) is 1. The lowest BCUT2D eigenvalue weighted by atomic mass is 10.2. The number of carbonyl (C=O) groups is 1. The van der Waals surface area contributed by atoms with E-state index in [1.807, 2.05) is 0 Å². The largest absolute Gasteiger partial charge is 0.403 e. The molecule has 156 valence electrons. The molecule has 0 unspecified atom stereocenters. The SMILES string of the molecule is O=C(Nc1nnc(-c2cc(Cl)ccc2Cl)o1)c1ccc(S(=O)(=O)N2CCCC2)cc1. The van der Waals surface area contributed by atoms with Gasteiger partial charge in [0.05, 0.1) is 15.5 Å². The molecule has 11 heteroatoms. The predicted molar refractivity (Wildman–Crippen MR) is 112 cm³/mol. The molecule has 1 fully saturated rings. The highest BCUT2D eigenvalue weighted by molar-refractivity contribution is 7.89. The molecule has 0 bridgehead atoms. The van der Waals surface area contributed by atoms with E-state index in [4.69, 9.17) is 27.6 Å². The molecule has 2 heterocycles. The van der Waals surface area contributed by atoms with Crippen LogP contribution in [-0.4, -0.2) is 41.9 Å². The standard InChI is InChI=1S/C19H16Cl2N4O4S/c20-13-5-8-16(21)15(11-13)18-23-24-19(29-18)22-17(26)12-3-6-14(7-4-12)30(27,28)25-9-1-2-10-25/h3-8,11H,1-2,9-10H2,(H,22,24,26). The zero-order valence-electron chi connectivity index (χ0n) is 15.5. The Labute approximate surface area is 182 Å². The van der Waals surface area contributed by atoms with E-state index in [1.165, 1.54) is 28.6 Å². The zero-order chi connectivity index (χ0) is 21.3. The summed E-state index contributed by atoms with van der Waals surface area (Å²) in [6.45, 7) is 1.03. The van der Waals surface area contributed by atoms with E-state index in [2.05, 4.69) is 15.5 Å². The average molecular weight is 467 g/mol. The van der Waals surface area contributed by atoms with Crippen LogP contribution in [0.25, 0.3) is 11.5 Å². The van der Waals surface area contributed by atoms with Gasteiger partial charge < -0.3 is 4.42 Å². The smallest absolute Gasteiger partial charge is 0.322 e. The second-order valence-electron chi connectivity index (χ2n) is 6.63. The zero-order valence-corrected chi connectivity index (χ0v) is 17.8. The fourth-order valence-electron chi connectivity index (χ4n) is 3.07. The van der Waals surface area contributed by atoms with Crippen LogP contribution in [0.5, 0.6) is 0 Å². The van der Waals surface area contributed by atoms with Crippen LogP contribution < -0.4 is 5.32 Å². The van der Waals surface area contributed by atoms with Gasteiger partial charge in [-0.3, -0.25) is 10.1 Å². The molecular weight excluding hydrogens is 451 g/mol. The van der Waals surface area contributed by atoms with Crippen molar-refractivity contribution in [3.05, 3.63) is 58.1 Å². The average Bonchev–Trinajstić information content (AvgIpc) is 3.42. The number of benzene rings is 2. The van der Waals surface area contributed by atoms with Crippen molar-refractivity contribution in [3.8, 4) is 11.5 Å². The summed E-state index contributed by atoms with van der Waals surface area (Å²) in [4.78, 5) is 12.6. The third kappa shape index (κ3) is 4.20. The molecule has 4 rings (SSSR count). The second-order valence-corrected chi connectivity index (χ2v) is 9.41. The summed E-state index contributed by atoms with van der Waals surface area (Å²) in [6.07, 6.45) is 1.71. The molecule has 0 aliphatic carbocycles. The van der Waals surface area contributed by atoms with Crippen LogP contribution in [0.2, 0.25) is 10.0 Å². The normalized spacial score (nSPS) is 14.7. The van der Waals surface area contributed by atoms with E-state index in [-0.39, 0.29) is 22.4 Å². The summed E-state index contributed by atoms with van der Waals surface area (Å²) in [5, 5.41) is 10.9. The van der Waals surface area contributed by atoms with Crippen LogP contribution in [0.4, 0.5) is 6.01 Å². The van der Waals surface area contributed by atoms with Gasteiger partial charge in [-0.25, -0.2) is 8.42 Å². The Morgan fingerprint density at radius 2 is 1.73 bits per heavy atom. The number of halogens is 2. The molecule has 8 nitrogen and oxygen atoms in total. The van der Waals surface area contributed by atoms with Gasteiger partial charge in [-0.2, -0.15) is 4.31 Å². The first kappa shape index (κ1) is 20.8. The maximum absolute atomic E-state index is 12.6. The Kier molecular flexibility index (Phi) is 5.79. The topological polar surface area (TPSA) is 105 Å². The Hall–Kier alpha value is -2.46. The molecule has 2 aromatic carbocycles. The van der Waals surface area contributed by atoms with Crippen molar-refractivity contribution in [2.45, 2.75) is 17.7 Å². The highest BCUT2D eigenvalue weighted by atomic mass is 35.5. The minimum Gasteiger partial charge on any atom is -0.403 e. The van der Waals surface area contributed by atoms with Crippen LogP contribution >= 0.6 is 23.2 Å². The van der Waals surface area contributed by atoms with Gasteiger partial charge in [0.2, 0.25) is 10.0 Å². The maximum Gasteiger partial charge on any atom is 0.322 e. The van der Waals surface area contributed by atoms with Gasteiger partial charge in [0.1, 0.15) is 0 Å². The van der Waals surface area contributed by atoms with E-state index in [0.717, 1.165) is 12.8 Å². The van der Waals surface area contributed by atoms with E-state index < -0.39 is 15.9 Å². The van der Waals surface area contributed by atoms with Crippen molar-refractivity contribution < 1.29 is 17.6 Å². The molecule has 0 radical (unpaired) electrons. The monoisotopic (exact) mass is 466 g/mol. The van der Waals surface area contributed by atoms with Crippen LogP contribution in [0.1, 0.15) is 23.2 Å². The number of hydrogen-bond acceptors (Lipinski definition) is 6. The molecule has 1 aliphatic heterocycles. The number of rotatable bonds is 5. The van der Waals surface area contributed by atoms with Gasteiger partial charge in [0.25, 0.3) is 11.8 Å². The summed E-state index contributed by atoms with van der Waals surface area (Å²) in [7, 11) is -3.54. The Balaban J connectivity index is 1.48. The summed E-state index contributed by atoms with van der Waals surface area (Å²) in [5.41, 5.74) is 0.685. The number of aromatic nitrogens is 2. The van der Waals surface area contributed by atoms with E-state index in [0.29, 0.717) is 28.7 Å². The first-order chi connectivity index (χ1) is 14.3. The van der Waals surface area contributed by atoms with E-state index >= 15 is 0 Å². The second kappa shape index (κ2) is 8.35. The quantitative estimate of drug-likeness (QED) is 0.606. The lowest BCUT2D eigenvalue weighted by molar-refractivity contribution is 0.102. The van der Waals surface area contributed by atoms with Crippen molar-refractivity contribution in [1.82, 2.24) is 14.5 Å². The molecular formula is C19H16Cl2N4O4S. The highest BCUT2D eigenvalue weighted by Crippen LogP contribution is 2.30. The minimum atomic E-state index is -3.54. The molecule has 0 saturated carbocycles. The maximum atomic E-state index is 12.6. The van der Waals surface area contributed by atoms with Gasteiger partial charge in [-0.1, -0.05) is 28.3 Å². The Bertz CT molecular complexity index is 1190. The molecule has 0 spiro atoms. The van der Waals surface area contributed by atoms with Gasteiger partial charge >= 0.3 is 6.01 Å². The fraction of sp³-hybridized carbons (Fsp3) is 0.211. The van der Waals surface area contributed by atoms with Crippen LogP contribution in [0.15, 0.2) is 51.8 Å². The highest BCUT2D eigenvalue weighted by Gasteiger charge is 2.27. The summed E-state index contributed by atoms with van der Waals surface area (Å²) < 4.78 is 32.0. The summed E-state index contributed by atoms with van der Waals surface area (Å²) in [6, 6.07) is 10.4. The van der Waals surface area contributed by atoms with Gasteiger partial charge in [0, 0.05) is 23.7 Å². The molecule has 1 amide bonds. The number of nitrogens with zero attached hydrogens (tertiary/aromatic N) is 3. The predicted octanol–water partition coefficient (Wildman–Crippen LogP) is 4.08. The van der Waals surface area contributed by atoms with Gasteiger partial charge in [-0.05, 0) is 55.3 Å². The van der Waals surface area contributed by atoms with E-state index in [9.17, 15) is 13.2 Å². The van der Waals surface area contributed by atoms with Crippen molar-refractivity contribution in [1.29, 1.82) is 0 Å². The summed E-state index contributed by atoms with van der Waals surface area (Å²) >= 11 is 12.1. The molecule has 1 saturated heterocycles. The molecule has 1 aliphatic rings. The molecule has 30 heavy (non-hydrogen) atoms. The number of nitrogens with one attached hydrogen (secondary N) is 1. The lowest BCUT2D eigenvalue weighted by Gasteiger charge is -2.15. The van der Waals surface area contributed by atoms with Crippen molar-refractivity contribution in [2.24, 2.45) is 0 Å². The third-order valence-corrected chi connectivity index (χ3v) is 7.10. The molecule has 0 atom stereocenters. The van der Waals surface area contributed by atoms with Crippen LogP contribution in [0, 0.1) is 0 Å². The fourth-order valence-corrected chi connectivity index (χ4v) is 4.96. The number of sulfonamides is 1. The first-order valence-corrected chi connectivity index (χ1v) is 11.2. The first-order valence-electron chi connectivity index (χ1n) is 9.05. The minimum absolute atomic E-state index is 0.102. The van der Waals surface area contributed by atoms with Crippen molar-refractivity contribution in [3.63, 3.8) is 0 Å². The Morgan fingerprint density at radius 1 is 1.03 bits per heavy atom. The summed E-state index contributed by atoms with van der Waals surface area (Å²) in [5.74, 6) is -0.419. The molecule has 1 aromatic heterocycles. The molecule has 3 aromatic rings. The molecule has 1 N–H and O–H groups in total. The third-order valence-electron chi connectivity index (χ3n) is 4.62. The van der Waals surface area contributed by atoms with Gasteiger partial charge in [-0.15, -0.1) is 5.10 Å².